The van der Waals surface area contributed by atoms with Gasteiger partial charge in [0.2, 0.25) is 4.96 Å². The van der Waals surface area contributed by atoms with Gasteiger partial charge in [-0.15, -0.1) is 10.2 Å². The fraction of sp³-hybridized carbons (Fsp3) is 0.400. The van der Waals surface area contributed by atoms with Crippen LogP contribution < -0.4 is 9.47 Å². The Kier molecular flexibility index (Phi) is 5.35. The van der Waals surface area contributed by atoms with Crippen molar-refractivity contribution in [3.8, 4) is 11.5 Å². The van der Waals surface area contributed by atoms with Gasteiger partial charge in [-0.05, 0) is 24.8 Å². The van der Waals surface area contributed by atoms with Gasteiger partial charge in [0, 0.05) is 0 Å². The highest BCUT2D eigenvalue weighted by Crippen LogP contribution is 2.27. The van der Waals surface area contributed by atoms with Crippen molar-refractivity contribution < 1.29 is 9.47 Å². The first kappa shape index (κ1) is 16.1. The van der Waals surface area contributed by atoms with E-state index < -0.39 is 0 Å². The molecule has 0 unspecified atom stereocenters. The first-order chi connectivity index (χ1) is 11.3. The largest absolute Gasteiger partial charge is 0.490 e. The summed E-state index contributed by atoms with van der Waals surface area (Å²) >= 11 is 3.29. The molecule has 8 heteroatoms. The fourth-order valence-electron chi connectivity index (χ4n) is 2.02. The van der Waals surface area contributed by atoms with Crippen molar-refractivity contribution in [3.63, 3.8) is 0 Å². The van der Waals surface area contributed by atoms with Crippen molar-refractivity contribution in [3.05, 3.63) is 35.1 Å². The molecular formula is C15H18N4O2S2. The highest BCUT2D eigenvalue weighted by molar-refractivity contribution is 7.98. The van der Waals surface area contributed by atoms with Crippen LogP contribution in [0.15, 0.2) is 24.3 Å². The maximum Gasteiger partial charge on any atom is 0.234 e. The molecule has 3 aromatic rings. The Morgan fingerprint density at radius 3 is 2.65 bits per heavy atom. The molecule has 0 saturated carbocycles. The predicted octanol–water partition coefficient (Wildman–Crippen LogP) is 3.42. The molecule has 0 aliphatic heterocycles. The van der Waals surface area contributed by atoms with E-state index in [1.54, 1.807) is 16.3 Å². The van der Waals surface area contributed by atoms with Crippen molar-refractivity contribution in [2.45, 2.75) is 26.2 Å². The molecule has 23 heavy (non-hydrogen) atoms. The van der Waals surface area contributed by atoms with Crippen LogP contribution >= 0.6 is 23.1 Å². The minimum absolute atomic E-state index is 0.387. The van der Waals surface area contributed by atoms with Crippen LogP contribution in [-0.4, -0.2) is 32.2 Å². The van der Waals surface area contributed by atoms with Gasteiger partial charge in [-0.25, -0.2) is 0 Å². The van der Waals surface area contributed by atoms with Crippen molar-refractivity contribution in [2.24, 2.45) is 0 Å². The number of hydrogen-bond acceptors (Lipinski definition) is 7. The Bertz CT molecular complexity index is 772. The van der Waals surface area contributed by atoms with E-state index in [-0.39, 0.29) is 0 Å². The summed E-state index contributed by atoms with van der Waals surface area (Å²) in [6, 6.07) is 7.65. The first-order valence-electron chi connectivity index (χ1n) is 7.44. The van der Waals surface area contributed by atoms with Gasteiger partial charge in [0.1, 0.15) is 6.61 Å². The van der Waals surface area contributed by atoms with Gasteiger partial charge >= 0.3 is 0 Å². The minimum Gasteiger partial charge on any atom is -0.490 e. The summed E-state index contributed by atoms with van der Waals surface area (Å²) in [6.45, 7) is 5.07. The molecule has 0 radical (unpaired) electrons. The van der Waals surface area contributed by atoms with Crippen LogP contribution in [0.25, 0.3) is 4.96 Å². The van der Waals surface area contributed by atoms with Gasteiger partial charge in [-0.1, -0.05) is 30.4 Å². The second-order valence-electron chi connectivity index (χ2n) is 4.61. The first-order valence-corrected chi connectivity index (χ1v) is 9.41. The van der Waals surface area contributed by atoms with Crippen LogP contribution in [-0.2, 0) is 12.4 Å². The zero-order valence-corrected chi connectivity index (χ0v) is 14.7. The number of rotatable bonds is 8. The zero-order chi connectivity index (χ0) is 16.1. The lowest BCUT2D eigenvalue weighted by Gasteiger charge is -2.10. The molecule has 0 aliphatic rings. The summed E-state index contributed by atoms with van der Waals surface area (Å²) in [6.07, 6.45) is 0. The highest BCUT2D eigenvalue weighted by atomic mass is 32.2. The topological polar surface area (TPSA) is 61.5 Å². The van der Waals surface area contributed by atoms with Crippen LogP contribution in [0.1, 0.15) is 24.7 Å². The molecule has 3 rings (SSSR count). The summed E-state index contributed by atoms with van der Waals surface area (Å²) in [7, 11) is 0. The van der Waals surface area contributed by atoms with Gasteiger partial charge in [-0.3, -0.25) is 0 Å². The van der Waals surface area contributed by atoms with Crippen molar-refractivity contribution in [2.75, 3.05) is 12.4 Å². The number of nitrogens with zero attached hydrogens (tertiary/aromatic N) is 4. The number of benzene rings is 1. The van der Waals surface area contributed by atoms with E-state index in [2.05, 4.69) is 22.2 Å². The molecule has 0 N–H and O–H groups in total. The van der Waals surface area contributed by atoms with E-state index in [4.69, 9.17) is 9.47 Å². The lowest BCUT2D eigenvalue weighted by Crippen LogP contribution is -2.01. The molecule has 2 heterocycles. The maximum atomic E-state index is 5.85. The molecule has 0 atom stereocenters. The van der Waals surface area contributed by atoms with Crippen molar-refractivity contribution in [1.82, 2.24) is 19.8 Å². The Morgan fingerprint density at radius 1 is 1.13 bits per heavy atom. The third kappa shape index (κ3) is 3.76. The highest BCUT2D eigenvalue weighted by Gasteiger charge is 2.12. The quantitative estimate of drug-likeness (QED) is 0.620. The van der Waals surface area contributed by atoms with Crippen molar-refractivity contribution >= 4 is 28.1 Å². The molecular weight excluding hydrogens is 332 g/mol. The van der Waals surface area contributed by atoms with Crippen molar-refractivity contribution in [1.29, 1.82) is 0 Å². The number of thioether (sulfide) groups is 1. The monoisotopic (exact) mass is 350 g/mol. The summed E-state index contributed by atoms with van der Waals surface area (Å²) in [4.78, 5) is 0.799. The van der Waals surface area contributed by atoms with E-state index in [0.717, 1.165) is 38.8 Å². The van der Waals surface area contributed by atoms with Crippen LogP contribution in [0.2, 0.25) is 0 Å². The average molecular weight is 350 g/mol. The zero-order valence-electron chi connectivity index (χ0n) is 13.1. The SMILES string of the molecule is CCOc1ccccc1OCc1nn2c(CSCC)nnc2s1. The lowest BCUT2D eigenvalue weighted by molar-refractivity contribution is 0.268. The molecule has 0 aliphatic carbocycles. The van der Waals surface area contributed by atoms with E-state index in [0.29, 0.717) is 13.2 Å². The Morgan fingerprint density at radius 2 is 1.91 bits per heavy atom. The smallest absolute Gasteiger partial charge is 0.234 e. The Hall–Kier alpha value is -1.80. The van der Waals surface area contributed by atoms with E-state index in [1.807, 2.05) is 31.2 Å². The molecule has 0 amide bonds. The molecule has 1 aromatic carbocycles. The number of para-hydroxylation sites is 2. The Balaban J connectivity index is 1.71. The van der Waals surface area contributed by atoms with Crippen LogP contribution in [0.3, 0.4) is 0 Å². The van der Waals surface area contributed by atoms with E-state index in [9.17, 15) is 0 Å². The van der Waals surface area contributed by atoms with Gasteiger partial charge in [0.05, 0.1) is 12.4 Å². The third-order valence-electron chi connectivity index (χ3n) is 3.03. The van der Waals surface area contributed by atoms with E-state index in [1.165, 1.54) is 11.3 Å². The third-order valence-corrected chi connectivity index (χ3v) is 4.78. The van der Waals surface area contributed by atoms with Crippen LogP contribution in [0.4, 0.5) is 0 Å². The molecule has 0 bridgehead atoms. The van der Waals surface area contributed by atoms with Gasteiger partial charge in [-0.2, -0.15) is 21.4 Å². The molecule has 2 aromatic heterocycles. The van der Waals surface area contributed by atoms with Gasteiger partial charge < -0.3 is 9.47 Å². The second kappa shape index (κ2) is 7.65. The fourth-order valence-corrected chi connectivity index (χ4v) is 3.35. The minimum atomic E-state index is 0.387. The molecule has 0 saturated heterocycles. The van der Waals surface area contributed by atoms with Gasteiger partial charge in [0.25, 0.3) is 0 Å². The lowest BCUT2D eigenvalue weighted by atomic mass is 10.3. The predicted molar refractivity (Wildman–Crippen MR) is 92.4 cm³/mol. The van der Waals surface area contributed by atoms with Gasteiger partial charge in [0.15, 0.2) is 22.3 Å². The summed E-state index contributed by atoms with van der Waals surface area (Å²) < 4.78 is 13.2. The molecule has 0 fully saturated rings. The maximum absolute atomic E-state index is 5.85. The molecule has 6 nitrogen and oxygen atoms in total. The number of ether oxygens (including phenoxy) is 2. The summed E-state index contributed by atoms with van der Waals surface area (Å²) in [5.74, 6) is 4.21. The second-order valence-corrected chi connectivity index (χ2v) is 6.93. The number of fused-ring (bicyclic) bond motifs is 1. The summed E-state index contributed by atoms with van der Waals surface area (Å²) in [5.41, 5.74) is 0. The van der Waals surface area contributed by atoms with Crippen LogP contribution in [0.5, 0.6) is 11.5 Å². The number of aromatic nitrogens is 4. The standard InChI is InChI=1S/C15H18N4O2S2/c1-3-20-11-7-5-6-8-12(11)21-9-14-18-19-13(10-22-4-2)16-17-15(19)23-14/h5-8H,3-4,9-10H2,1-2H3. The summed E-state index contributed by atoms with van der Waals surface area (Å²) in [5, 5.41) is 13.8. The van der Waals surface area contributed by atoms with Crippen LogP contribution in [0, 0.1) is 0 Å². The Labute approximate surface area is 142 Å². The molecule has 0 spiro atoms. The van der Waals surface area contributed by atoms with E-state index >= 15 is 0 Å². The number of hydrogen-bond donors (Lipinski definition) is 0. The normalized spacial score (nSPS) is 11.0. The molecule has 122 valence electrons. The average Bonchev–Trinajstić information content (AvgIpc) is 3.13.